The molecule has 0 aliphatic heterocycles. The largest absolute Gasteiger partial charge is 0.342 e. The van der Waals surface area contributed by atoms with E-state index in [0.717, 1.165) is 42.1 Å². The molecule has 2 aromatic carbocycles. The number of oxime groups is 1. The number of carbonyl (C=O) groups is 2. The molecule has 0 unspecified atom stereocenters. The van der Waals surface area contributed by atoms with Crippen LogP contribution in [0.15, 0.2) is 65.9 Å². The van der Waals surface area contributed by atoms with E-state index in [4.69, 9.17) is 4.84 Å². The molecule has 0 saturated carbocycles. The summed E-state index contributed by atoms with van der Waals surface area (Å²) in [5.41, 5.74) is 3.03. The van der Waals surface area contributed by atoms with Crippen LogP contribution in [0.5, 0.6) is 0 Å². The van der Waals surface area contributed by atoms with Crippen molar-refractivity contribution in [2.75, 3.05) is 0 Å². The summed E-state index contributed by atoms with van der Waals surface area (Å²) in [6.45, 7) is 4.09. The van der Waals surface area contributed by atoms with E-state index in [-0.39, 0.29) is 5.78 Å². The normalized spacial score (nSPS) is 11.6. The number of rotatable bonds is 10. The van der Waals surface area contributed by atoms with Gasteiger partial charge in [0, 0.05) is 36.1 Å². The van der Waals surface area contributed by atoms with Crippen LogP contribution in [0.2, 0.25) is 0 Å². The van der Waals surface area contributed by atoms with Gasteiger partial charge in [0.25, 0.3) is 0 Å². The molecule has 0 radical (unpaired) electrons. The van der Waals surface area contributed by atoms with E-state index >= 15 is 0 Å². The Morgan fingerprint density at radius 1 is 0.967 bits per heavy atom. The standard InChI is InChI=1S/C25H28N2O3/c1-3-4-5-9-15-23(26-30-19(2)28)25(29)22-18-27(17-20-12-7-6-8-13-20)24-16-11-10-14-21(22)24/h6-8,10-14,16,18H,3-5,9,15,17H2,1-2H3/b26-23+. The molecule has 0 atom stereocenters. The molecule has 0 amide bonds. The van der Waals surface area contributed by atoms with Crippen LogP contribution in [0.1, 0.15) is 61.9 Å². The van der Waals surface area contributed by atoms with Crippen molar-refractivity contribution in [1.29, 1.82) is 0 Å². The first kappa shape index (κ1) is 21.5. The number of hydrogen-bond acceptors (Lipinski definition) is 4. The minimum absolute atomic E-state index is 0.184. The summed E-state index contributed by atoms with van der Waals surface area (Å²) in [5.74, 6) is -0.712. The summed E-state index contributed by atoms with van der Waals surface area (Å²) in [6.07, 6.45) is 6.43. The van der Waals surface area contributed by atoms with Crippen LogP contribution in [-0.2, 0) is 16.2 Å². The Morgan fingerprint density at radius 3 is 2.43 bits per heavy atom. The molecule has 0 saturated heterocycles. The highest BCUT2D eigenvalue weighted by Gasteiger charge is 2.21. The number of fused-ring (bicyclic) bond motifs is 1. The van der Waals surface area contributed by atoms with Crippen molar-refractivity contribution in [3.63, 3.8) is 0 Å². The number of hydrogen-bond donors (Lipinski definition) is 0. The molecule has 5 heteroatoms. The van der Waals surface area contributed by atoms with Gasteiger partial charge in [-0.15, -0.1) is 0 Å². The average molecular weight is 405 g/mol. The fraction of sp³-hybridized carbons (Fsp3) is 0.320. The number of aromatic nitrogens is 1. The first-order chi connectivity index (χ1) is 14.6. The zero-order valence-corrected chi connectivity index (χ0v) is 17.6. The molecule has 5 nitrogen and oxygen atoms in total. The van der Waals surface area contributed by atoms with Gasteiger partial charge >= 0.3 is 5.97 Å². The molecule has 0 aliphatic rings. The minimum atomic E-state index is -0.527. The highest BCUT2D eigenvalue weighted by molar-refractivity contribution is 6.47. The maximum atomic E-state index is 13.4. The summed E-state index contributed by atoms with van der Waals surface area (Å²) < 4.78 is 2.08. The predicted octanol–water partition coefficient (Wildman–Crippen LogP) is 5.76. The number of unbranched alkanes of at least 4 members (excludes halogenated alkanes) is 3. The molecule has 1 heterocycles. The number of benzene rings is 2. The highest BCUT2D eigenvalue weighted by atomic mass is 16.7. The zero-order valence-electron chi connectivity index (χ0n) is 17.6. The zero-order chi connectivity index (χ0) is 21.3. The third-order valence-electron chi connectivity index (χ3n) is 5.04. The van der Waals surface area contributed by atoms with Crippen LogP contribution < -0.4 is 0 Å². The quantitative estimate of drug-likeness (QED) is 0.142. The number of para-hydroxylation sites is 1. The molecule has 30 heavy (non-hydrogen) atoms. The Balaban J connectivity index is 1.93. The SMILES string of the molecule is CCCCCC/C(=N\OC(C)=O)C(=O)c1cn(Cc2ccccc2)c2ccccc12. The van der Waals surface area contributed by atoms with Gasteiger partial charge in [0.2, 0.25) is 5.78 Å². The second-order valence-corrected chi connectivity index (χ2v) is 7.43. The highest BCUT2D eigenvalue weighted by Crippen LogP contribution is 2.24. The van der Waals surface area contributed by atoms with Crippen molar-refractivity contribution in [2.45, 2.75) is 52.5 Å². The van der Waals surface area contributed by atoms with Crippen LogP contribution in [0.4, 0.5) is 0 Å². The summed E-state index contributed by atoms with van der Waals surface area (Å²) in [5, 5.41) is 4.78. The van der Waals surface area contributed by atoms with Crippen LogP contribution >= 0.6 is 0 Å². The van der Waals surface area contributed by atoms with Crippen molar-refractivity contribution < 1.29 is 14.4 Å². The Labute approximate surface area is 177 Å². The molecule has 156 valence electrons. The molecule has 0 N–H and O–H groups in total. The number of Topliss-reactive ketones (excluding diaryl/α,β-unsaturated/α-hetero) is 1. The van der Waals surface area contributed by atoms with Crippen LogP contribution in [0.25, 0.3) is 10.9 Å². The van der Waals surface area contributed by atoms with E-state index in [1.807, 2.05) is 48.7 Å². The van der Waals surface area contributed by atoms with Gasteiger partial charge in [0.1, 0.15) is 5.71 Å². The monoisotopic (exact) mass is 404 g/mol. The van der Waals surface area contributed by atoms with E-state index in [1.54, 1.807) is 0 Å². The molecule has 3 aromatic rings. The van der Waals surface area contributed by atoms with Gasteiger partial charge in [-0.3, -0.25) is 4.79 Å². The lowest BCUT2D eigenvalue weighted by Gasteiger charge is -2.05. The molecule has 0 bridgehead atoms. The summed E-state index contributed by atoms with van der Waals surface area (Å²) in [4.78, 5) is 29.5. The number of carbonyl (C=O) groups excluding carboxylic acids is 2. The molecule has 0 aliphatic carbocycles. The van der Waals surface area contributed by atoms with Gasteiger partial charge in [0.05, 0.1) is 0 Å². The van der Waals surface area contributed by atoms with Crippen LogP contribution in [-0.4, -0.2) is 22.0 Å². The van der Waals surface area contributed by atoms with Gasteiger partial charge in [-0.1, -0.05) is 79.9 Å². The Kier molecular flexibility index (Phi) is 7.55. The summed E-state index contributed by atoms with van der Waals surface area (Å²) in [7, 11) is 0. The Hall–Kier alpha value is -3.21. The topological polar surface area (TPSA) is 60.7 Å². The Morgan fingerprint density at radius 2 is 1.70 bits per heavy atom. The lowest BCUT2D eigenvalue weighted by molar-refractivity contribution is -0.140. The third kappa shape index (κ3) is 5.44. The molecule has 0 spiro atoms. The maximum absolute atomic E-state index is 13.4. The number of ketones is 1. The fourth-order valence-corrected chi connectivity index (χ4v) is 3.53. The third-order valence-corrected chi connectivity index (χ3v) is 5.04. The van der Waals surface area contributed by atoms with Crippen molar-refractivity contribution in [3.05, 3.63) is 71.9 Å². The van der Waals surface area contributed by atoms with Gasteiger partial charge in [0.15, 0.2) is 0 Å². The van der Waals surface area contributed by atoms with Crippen molar-refractivity contribution in [1.82, 2.24) is 4.57 Å². The van der Waals surface area contributed by atoms with Gasteiger partial charge in [-0.05, 0) is 24.5 Å². The maximum Gasteiger partial charge on any atom is 0.331 e. The van der Waals surface area contributed by atoms with Gasteiger partial charge in [-0.2, -0.15) is 0 Å². The minimum Gasteiger partial charge on any atom is -0.342 e. The van der Waals surface area contributed by atoms with E-state index < -0.39 is 5.97 Å². The first-order valence-electron chi connectivity index (χ1n) is 10.5. The van der Waals surface area contributed by atoms with E-state index in [2.05, 4.69) is 28.8 Å². The van der Waals surface area contributed by atoms with Crippen LogP contribution in [0, 0.1) is 0 Å². The number of nitrogens with zero attached hydrogens (tertiary/aromatic N) is 2. The lowest BCUT2D eigenvalue weighted by Crippen LogP contribution is -2.16. The molecule has 1 aromatic heterocycles. The molecule has 0 fully saturated rings. The van der Waals surface area contributed by atoms with Crippen molar-refractivity contribution >= 4 is 28.4 Å². The lowest BCUT2D eigenvalue weighted by atomic mass is 10.0. The van der Waals surface area contributed by atoms with Crippen LogP contribution in [0.3, 0.4) is 0 Å². The Bertz CT molecular complexity index is 1030. The fourth-order valence-electron chi connectivity index (χ4n) is 3.53. The molecular formula is C25H28N2O3. The smallest absolute Gasteiger partial charge is 0.331 e. The van der Waals surface area contributed by atoms with E-state index in [9.17, 15) is 9.59 Å². The second kappa shape index (κ2) is 10.5. The van der Waals surface area contributed by atoms with Crippen molar-refractivity contribution in [3.8, 4) is 0 Å². The second-order valence-electron chi connectivity index (χ2n) is 7.43. The van der Waals surface area contributed by atoms with E-state index in [1.165, 1.54) is 6.92 Å². The van der Waals surface area contributed by atoms with Gasteiger partial charge in [-0.25, -0.2) is 4.79 Å². The molecular weight excluding hydrogens is 376 g/mol. The van der Waals surface area contributed by atoms with Crippen molar-refractivity contribution in [2.24, 2.45) is 5.16 Å². The molecule has 3 rings (SSSR count). The predicted molar refractivity (Wildman–Crippen MR) is 120 cm³/mol. The van der Waals surface area contributed by atoms with Gasteiger partial charge < -0.3 is 9.40 Å². The average Bonchev–Trinajstić information content (AvgIpc) is 3.12. The summed E-state index contributed by atoms with van der Waals surface area (Å²) >= 11 is 0. The first-order valence-corrected chi connectivity index (χ1v) is 10.5. The summed E-state index contributed by atoms with van der Waals surface area (Å²) in [6, 6.07) is 18.0. The van der Waals surface area contributed by atoms with E-state index in [0.29, 0.717) is 24.2 Å².